The summed E-state index contributed by atoms with van der Waals surface area (Å²) in [6.45, 7) is 6.77. The van der Waals surface area contributed by atoms with Gasteiger partial charge in [0.1, 0.15) is 18.0 Å². The summed E-state index contributed by atoms with van der Waals surface area (Å²) >= 11 is 0. The standard InChI is InChI=1S/C18H33NO8/c1-8-17(23,15(21)27-10-9-19(4)5)12-18(24,13(2)25-6)11-16(3,22)14(20)26-7/h22-24H,2,8-12H2,1,3-7H3. The second-order valence-electron chi connectivity index (χ2n) is 7.10. The van der Waals surface area contributed by atoms with Crippen LogP contribution in [0.1, 0.15) is 33.1 Å². The molecule has 0 aliphatic rings. The smallest absolute Gasteiger partial charge is 0.338 e. The molecule has 0 bridgehead atoms. The van der Waals surface area contributed by atoms with Gasteiger partial charge in [0, 0.05) is 19.4 Å². The van der Waals surface area contributed by atoms with Crippen LogP contribution in [0.4, 0.5) is 0 Å². The fourth-order valence-corrected chi connectivity index (χ4v) is 2.59. The third-order valence-electron chi connectivity index (χ3n) is 4.35. The maximum atomic E-state index is 12.4. The maximum Gasteiger partial charge on any atom is 0.338 e. The lowest BCUT2D eigenvalue weighted by molar-refractivity contribution is -0.180. The van der Waals surface area contributed by atoms with Crippen molar-refractivity contribution in [2.75, 3.05) is 41.5 Å². The monoisotopic (exact) mass is 391 g/mol. The van der Waals surface area contributed by atoms with E-state index in [4.69, 9.17) is 9.47 Å². The lowest BCUT2D eigenvalue weighted by atomic mass is 9.77. The Morgan fingerprint density at radius 1 is 1.00 bits per heavy atom. The van der Waals surface area contributed by atoms with Gasteiger partial charge in [-0.3, -0.25) is 0 Å². The summed E-state index contributed by atoms with van der Waals surface area (Å²) in [6, 6.07) is 0. The summed E-state index contributed by atoms with van der Waals surface area (Å²) in [5.41, 5.74) is -6.28. The molecule has 3 unspecified atom stereocenters. The van der Waals surface area contributed by atoms with Crippen molar-refractivity contribution >= 4 is 11.9 Å². The van der Waals surface area contributed by atoms with E-state index in [1.54, 1.807) is 25.9 Å². The van der Waals surface area contributed by atoms with Crippen molar-refractivity contribution in [3.63, 3.8) is 0 Å². The van der Waals surface area contributed by atoms with E-state index in [-0.39, 0.29) is 18.8 Å². The lowest BCUT2D eigenvalue weighted by Crippen LogP contribution is -2.53. The van der Waals surface area contributed by atoms with Gasteiger partial charge in [0.05, 0.1) is 14.2 Å². The summed E-state index contributed by atoms with van der Waals surface area (Å²) in [5, 5.41) is 32.1. The number of methoxy groups -OCH3 is 2. The summed E-state index contributed by atoms with van der Waals surface area (Å²) in [6.07, 6.45) is -1.27. The Hall–Kier alpha value is -1.68. The van der Waals surface area contributed by atoms with Gasteiger partial charge in [-0.15, -0.1) is 0 Å². The quantitative estimate of drug-likeness (QED) is 0.307. The molecule has 0 aliphatic carbocycles. The molecule has 0 rings (SSSR count). The van der Waals surface area contributed by atoms with Gasteiger partial charge < -0.3 is 34.4 Å². The number of hydrogen-bond acceptors (Lipinski definition) is 9. The average molecular weight is 391 g/mol. The number of hydrogen-bond donors (Lipinski definition) is 3. The molecule has 0 amide bonds. The minimum Gasteiger partial charge on any atom is -0.499 e. The molecule has 0 fully saturated rings. The first-order valence-electron chi connectivity index (χ1n) is 8.59. The van der Waals surface area contributed by atoms with Gasteiger partial charge in [-0.05, 0) is 27.4 Å². The largest absolute Gasteiger partial charge is 0.499 e. The Labute approximate surface area is 160 Å². The van der Waals surface area contributed by atoms with Gasteiger partial charge in [0.25, 0.3) is 0 Å². The zero-order valence-electron chi connectivity index (χ0n) is 17.1. The summed E-state index contributed by atoms with van der Waals surface area (Å²) < 4.78 is 14.6. The van der Waals surface area contributed by atoms with Gasteiger partial charge in [0.2, 0.25) is 0 Å². The van der Waals surface area contributed by atoms with E-state index in [0.717, 1.165) is 14.0 Å². The lowest BCUT2D eigenvalue weighted by Gasteiger charge is -2.39. The number of esters is 2. The first-order valence-corrected chi connectivity index (χ1v) is 8.59. The molecule has 0 aromatic heterocycles. The van der Waals surface area contributed by atoms with Gasteiger partial charge in [-0.25, -0.2) is 9.59 Å². The van der Waals surface area contributed by atoms with Crippen LogP contribution in [0.15, 0.2) is 12.3 Å². The van der Waals surface area contributed by atoms with Crippen molar-refractivity contribution in [2.24, 2.45) is 0 Å². The first-order chi connectivity index (χ1) is 12.3. The molecule has 0 saturated carbocycles. The number of carbonyl (C=O) groups excluding carboxylic acids is 2. The molecule has 0 saturated heterocycles. The Balaban J connectivity index is 5.58. The van der Waals surface area contributed by atoms with E-state index in [9.17, 15) is 24.9 Å². The van der Waals surface area contributed by atoms with Crippen LogP contribution in [0.5, 0.6) is 0 Å². The molecule has 3 atom stereocenters. The minimum absolute atomic E-state index is 0.0532. The predicted octanol–water partition coefficient (Wildman–Crippen LogP) is -0.172. The molecule has 27 heavy (non-hydrogen) atoms. The Kier molecular flexibility index (Phi) is 9.40. The van der Waals surface area contributed by atoms with Crippen LogP contribution < -0.4 is 0 Å². The predicted molar refractivity (Wildman–Crippen MR) is 97.7 cm³/mol. The topological polar surface area (TPSA) is 126 Å². The Bertz CT molecular complexity index is 533. The first kappa shape index (κ1) is 25.3. The molecule has 0 aromatic rings. The number of carbonyl (C=O) groups is 2. The summed E-state index contributed by atoms with van der Waals surface area (Å²) in [4.78, 5) is 26.0. The van der Waals surface area contributed by atoms with Gasteiger partial charge >= 0.3 is 11.9 Å². The van der Waals surface area contributed by atoms with E-state index in [0.29, 0.717) is 6.54 Å². The number of likely N-dealkylation sites (N-methyl/N-ethyl adjacent to an activating group) is 1. The molecule has 3 N–H and O–H groups in total. The fraction of sp³-hybridized carbons (Fsp3) is 0.778. The maximum absolute atomic E-state index is 12.4. The molecule has 0 radical (unpaired) electrons. The van der Waals surface area contributed by atoms with Crippen LogP contribution in [-0.4, -0.2) is 90.4 Å². The Morgan fingerprint density at radius 3 is 1.96 bits per heavy atom. The molecule has 0 aliphatic heterocycles. The minimum atomic E-state index is -2.10. The van der Waals surface area contributed by atoms with Crippen molar-refractivity contribution in [3.8, 4) is 0 Å². The highest BCUT2D eigenvalue weighted by atomic mass is 16.6. The van der Waals surface area contributed by atoms with Gasteiger partial charge in [0.15, 0.2) is 11.2 Å². The van der Waals surface area contributed by atoms with Crippen LogP contribution in [-0.2, 0) is 23.8 Å². The van der Waals surface area contributed by atoms with E-state index in [2.05, 4.69) is 11.3 Å². The molecule has 0 spiro atoms. The van der Waals surface area contributed by atoms with Gasteiger partial charge in [-0.2, -0.15) is 0 Å². The third-order valence-corrected chi connectivity index (χ3v) is 4.35. The van der Waals surface area contributed by atoms with Crippen LogP contribution in [0.2, 0.25) is 0 Å². The molecule has 9 nitrogen and oxygen atoms in total. The van der Waals surface area contributed by atoms with Crippen molar-refractivity contribution in [2.45, 2.75) is 49.9 Å². The average Bonchev–Trinajstić information content (AvgIpc) is 2.58. The zero-order valence-corrected chi connectivity index (χ0v) is 17.1. The second-order valence-corrected chi connectivity index (χ2v) is 7.10. The molecular weight excluding hydrogens is 358 g/mol. The SMILES string of the molecule is C=C(OC)C(O)(CC(C)(O)C(=O)OC)CC(O)(CC)C(=O)OCCN(C)C. The number of rotatable bonds is 12. The third kappa shape index (κ3) is 7.10. The van der Waals surface area contributed by atoms with Crippen LogP contribution in [0.25, 0.3) is 0 Å². The molecule has 0 aromatic carbocycles. The molecule has 9 heteroatoms. The number of ether oxygens (including phenoxy) is 3. The van der Waals surface area contributed by atoms with E-state index in [1.807, 2.05) is 0 Å². The molecular formula is C18H33NO8. The van der Waals surface area contributed by atoms with Crippen molar-refractivity contribution in [1.29, 1.82) is 0 Å². The fourth-order valence-electron chi connectivity index (χ4n) is 2.59. The van der Waals surface area contributed by atoms with E-state index in [1.165, 1.54) is 7.11 Å². The van der Waals surface area contributed by atoms with Crippen molar-refractivity contribution < 1.29 is 39.1 Å². The highest BCUT2D eigenvalue weighted by molar-refractivity contribution is 5.80. The van der Waals surface area contributed by atoms with Crippen LogP contribution >= 0.6 is 0 Å². The van der Waals surface area contributed by atoms with Gasteiger partial charge in [-0.1, -0.05) is 13.5 Å². The normalized spacial score (nSPS) is 18.0. The van der Waals surface area contributed by atoms with E-state index >= 15 is 0 Å². The number of aliphatic hydroxyl groups is 3. The van der Waals surface area contributed by atoms with Crippen molar-refractivity contribution in [1.82, 2.24) is 4.90 Å². The summed E-state index contributed by atoms with van der Waals surface area (Å²) in [7, 11) is 5.93. The van der Waals surface area contributed by atoms with Crippen LogP contribution in [0.3, 0.4) is 0 Å². The molecule has 0 heterocycles. The number of nitrogens with zero attached hydrogens (tertiary/aromatic N) is 1. The van der Waals surface area contributed by atoms with E-state index < -0.39 is 41.6 Å². The van der Waals surface area contributed by atoms with Crippen LogP contribution in [0, 0.1) is 0 Å². The van der Waals surface area contributed by atoms with Crippen molar-refractivity contribution in [3.05, 3.63) is 12.3 Å². The highest BCUT2D eigenvalue weighted by Crippen LogP contribution is 2.36. The molecule has 158 valence electrons. The second kappa shape index (κ2) is 10.0. The zero-order chi connectivity index (χ0) is 21.5. The summed E-state index contributed by atoms with van der Waals surface area (Å²) in [5.74, 6) is -2.13. The Morgan fingerprint density at radius 2 is 1.56 bits per heavy atom. The highest BCUT2D eigenvalue weighted by Gasteiger charge is 2.51.